The van der Waals surface area contributed by atoms with E-state index in [-0.39, 0.29) is 12.0 Å². The third-order valence-electron chi connectivity index (χ3n) is 6.82. The van der Waals surface area contributed by atoms with Crippen molar-refractivity contribution in [3.05, 3.63) is 83.4 Å². The standard InChI is InChI=1S/C26H30O4/c1-17(19-5-3-2-4-6-19)23(27)14-13-22-21(24-15-16-25(22)30-24)12-9-18-7-10-20(11-8-18)26(28)29/h2-8,10-11,13-14,17,21-25,27H,9,12,15-16H2,1H3,(H,28,29)/b14-13+/t17?,21-,22+,23?,24-,25+/m1/s1. The monoisotopic (exact) mass is 406 g/mol. The molecule has 0 aromatic heterocycles. The van der Waals surface area contributed by atoms with Crippen LogP contribution < -0.4 is 0 Å². The Morgan fingerprint density at radius 1 is 1.10 bits per heavy atom. The molecule has 0 aliphatic carbocycles. The Morgan fingerprint density at radius 3 is 2.50 bits per heavy atom. The molecule has 2 saturated heterocycles. The number of benzene rings is 2. The van der Waals surface area contributed by atoms with Gasteiger partial charge < -0.3 is 14.9 Å². The van der Waals surface area contributed by atoms with E-state index < -0.39 is 12.1 Å². The maximum atomic E-state index is 11.0. The molecule has 2 bridgehead atoms. The first-order valence-corrected chi connectivity index (χ1v) is 10.9. The van der Waals surface area contributed by atoms with Crippen LogP contribution in [0.5, 0.6) is 0 Å². The maximum Gasteiger partial charge on any atom is 0.335 e. The predicted octanol–water partition coefficient (Wildman–Crippen LogP) is 4.83. The molecular formula is C26H30O4. The minimum absolute atomic E-state index is 0.0492. The van der Waals surface area contributed by atoms with E-state index in [0.29, 0.717) is 23.5 Å². The fraction of sp³-hybridized carbons (Fsp3) is 0.423. The van der Waals surface area contributed by atoms with E-state index in [1.165, 1.54) is 0 Å². The second-order valence-corrected chi connectivity index (χ2v) is 8.65. The highest BCUT2D eigenvalue weighted by molar-refractivity contribution is 5.87. The largest absolute Gasteiger partial charge is 0.478 e. The normalized spacial score (nSPS) is 27.4. The first-order chi connectivity index (χ1) is 14.5. The first kappa shape index (κ1) is 20.8. The van der Waals surface area contributed by atoms with Crippen LogP contribution in [-0.4, -0.2) is 34.5 Å². The smallest absolute Gasteiger partial charge is 0.335 e. The van der Waals surface area contributed by atoms with Crippen LogP contribution in [0.25, 0.3) is 0 Å². The van der Waals surface area contributed by atoms with Crippen molar-refractivity contribution in [3.63, 3.8) is 0 Å². The summed E-state index contributed by atoms with van der Waals surface area (Å²) in [7, 11) is 0. The highest BCUT2D eigenvalue weighted by atomic mass is 16.5. The van der Waals surface area contributed by atoms with E-state index in [1.54, 1.807) is 12.1 Å². The third-order valence-corrected chi connectivity index (χ3v) is 6.82. The highest BCUT2D eigenvalue weighted by Gasteiger charge is 2.47. The number of hydrogen-bond donors (Lipinski definition) is 2. The maximum absolute atomic E-state index is 11.0. The molecule has 2 aliphatic rings. The van der Waals surface area contributed by atoms with Gasteiger partial charge in [-0.05, 0) is 54.9 Å². The van der Waals surface area contributed by atoms with Crippen molar-refractivity contribution in [2.24, 2.45) is 11.8 Å². The zero-order chi connectivity index (χ0) is 21.1. The second-order valence-electron chi connectivity index (χ2n) is 8.65. The number of aryl methyl sites for hydroxylation is 1. The van der Waals surface area contributed by atoms with Gasteiger partial charge in [0.05, 0.1) is 23.9 Å². The molecule has 2 fully saturated rings. The Labute approximate surface area is 178 Å². The van der Waals surface area contributed by atoms with Crippen molar-refractivity contribution >= 4 is 5.97 Å². The summed E-state index contributed by atoms with van der Waals surface area (Å²) in [5.74, 6) is -0.0669. The average molecular weight is 407 g/mol. The molecule has 2 N–H and O–H groups in total. The molecule has 2 unspecified atom stereocenters. The highest BCUT2D eigenvalue weighted by Crippen LogP contribution is 2.46. The van der Waals surface area contributed by atoms with Crippen molar-refractivity contribution in [2.75, 3.05) is 0 Å². The van der Waals surface area contributed by atoms with Crippen molar-refractivity contribution in [1.29, 1.82) is 0 Å². The Kier molecular flexibility index (Phi) is 6.35. The predicted molar refractivity (Wildman–Crippen MR) is 117 cm³/mol. The summed E-state index contributed by atoms with van der Waals surface area (Å²) in [5.41, 5.74) is 2.62. The Balaban J connectivity index is 1.39. The molecule has 0 spiro atoms. The van der Waals surface area contributed by atoms with Gasteiger partial charge in [0.1, 0.15) is 0 Å². The van der Waals surface area contributed by atoms with Crippen molar-refractivity contribution in [2.45, 2.75) is 56.8 Å². The van der Waals surface area contributed by atoms with Crippen LogP contribution >= 0.6 is 0 Å². The molecule has 0 radical (unpaired) electrons. The van der Waals surface area contributed by atoms with Gasteiger partial charge in [0.15, 0.2) is 0 Å². The molecule has 2 aliphatic heterocycles. The van der Waals surface area contributed by atoms with Crippen LogP contribution in [0.15, 0.2) is 66.7 Å². The lowest BCUT2D eigenvalue weighted by atomic mass is 9.76. The summed E-state index contributed by atoms with van der Waals surface area (Å²) in [4.78, 5) is 11.0. The number of hydrogen-bond acceptors (Lipinski definition) is 3. The van der Waals surface area contributed by atoms with Gasteiger partial charge in [0, 0.05) is 11.8 Å². The number of ether oxygens (including phenoxy) is 1. The van der Waals surface area contributed by atoms with E-state index in [9.17, 15) is 9.90 Å². The van der Waals surface area contributed by atoms with Crippen LogP contribution in [0.2, 0.25) is 0 Å². The number of aliphatic hydroxyl groups excluding tert-OH is 1. The molecule has 6 atom stereocenters. The van der Waals surface area contributed by atoms with Gasteiger partial charge in [-0.25, -0.2) is 4.79 Å². The van der Waals surface area contributed by atoms with E-state index >= 15 is 0 Å². The molecule has 2 aromatic carbocycles. The second kappa shape index (κ2) is 9.15. The lowest BCUT2D eigenvalue weighted by Gasteiger charge is -2.26. The van der Waals surface area contributed by atoms with Crippen LogP contribution in [-0.2, 0) is 11.2 Å². The Hall–Kier alpha value is -2.43. The number of aliphatic hydroxyl groups is 1. The van der Waals surface area contributed by atoms with Crippen LogP contribution in [0.1, 0.15) is 53.6 Å². The molecule has 4 heteroatoms. The van der Waals surface area contributed by atoms with E-state index in [1.807, 2.05) is 36.4 Å². The van der Waals surface area contributed by atoms with E-state index in [2.05, 4.69) is 25.1 Å². The van der Waals surface area contributed by atoms with Gasteiger partial charge in [0.25, 0.3) is 0 Å². The fourth-order valence-electron chi connectivity index (χ4n) is 4.97. The molecule has 2 heterocycles. The summed E-state index contributed by atoms with van der Waals surface area (Å²) < 4.78 is 6.20. The zero-order valence-electron chi connectivity index (χ0n) is 17.4. The van der Waals surface area contributed by atoms with Gasteiger partial charge in [-0.2, -0.15) is 0 Å². The molecule has 4 nitrogen and oxygen atoms in total. The lowest BCUT2D eigenvalue weighted by molar-refractivity contribution is 0.0697. The van der Waals surface area contributed by atoms with Gasteiger partial charge in [-0.1, -0.05) is 61.5 Å². The molecule has 4 rings (SSSR count). The minimum atomic E-state index is -0.892. The average Bonchev–Trinajstić information content (AvgIpc) is 3.38. The summed E-state index contributed by atoms with van der Waals surface area (Å²) >= 11 is 0. The van der Waals surface area contributed by atoms with Crippen LogP contribution in [0.3, 0.4) is 0 Å². The number of carboxylic acids is 1. The lowest BCUT2D eigenvalue weighted by Crippen LogP contribution is -2.26. The van der Waals surface area contributed by atoms with Crippen LogP contribution in [0.4, 0.5) is 0 Å². The Morgan fingerprint density at radius 2 is 1.80 bits per heavy atom. The van der Waals surface area contributed by atoms with Crippen molar-refractivity contribution in [3.8, 4) is 0 Å². The van der Waals surface area contributed by atoms with E-state index in [4.69, 9.17) is 9.84 Å². The summed E-state index contributed by atoms with van der Waals surface area (Å²) in [6.45, 7) is 2.06. The van der Waals surface area contributed by atoms with Gasteiger partial charge in [0.2, 0.25) is 0 Å². The summed E-state index contributed by atoms with van der Waals surface area (Å²) in [6, 6.07) is 17.3. The molecule has 158 valence electrons. The molecule has 30 heavy (non-hydrogen) atoms. The minimum Gasteiger partial charge on any atom is -0.478 e. The van der Waals surface area contributed by atoms with Gasteiger partial charge in [-0.3, -0.25) is 0 Å². The zero-order valence-corrected chi connectivity index (χ0v) is 17.4. The van der Waals surface area contributed by atoms with Crippen molar-refractivity contribution < 1.29 is 19.7 Å². The SMILES string of the molecule is CC(c1ccccc1)C(O)/C=C/[C@H]1[C@@H](CCc2ccc(C(=O)O)cc2)[C@H]2CC[C@@H]1O2. The number of rotatable bonds is 8. The molecule has 0 amide bonds. The molecular weight excluding hydrogens is 376 g/mol. The molecule has 2 aromatic rings. The third kappa shape index (κ3) is 4.50. The first-order valence-electron chi connectivity index (χ1n) is 10.9. The number of carboxylic acid groups (broad SMARTS) is 1. The number of aromatic carboxylic acids is 1. The van der Waals surface area contributed by atoms with Gasteiger partial charge in [-0.15, -0.1) is 0 Å². The summed E-state index contributed by atoms with van der Waals surface area (Å²) in [5, 5.41) is 19.7. The quantitative estimate of drug-likeness (QED) is 0.616. The van der Waals surface area contributed by atoms with Crippen molar-refractivity contribution in [1.82, 2.24) is 0 Å². The topological polar surface area (TPSA) is 66.8 Å². The fourth-order valence-corrected chi connectivity index (χ4v) is 4.97. The number of carbonyl (C=O) groups is 1. The Bertz CT molecular complexity index is 874. The summed E-state index contributed by atoms with van der Waals surface area (Å²) in [6.07, 6.45) is 8.30. The van der Waals surface area contributed by atoms with E-state index in [0.717, 1.165) is 36.8 Å². The van der Waals surface area contributed by atoms with Crippen LogP contribution in [0, 0.1) is 11.8 Å². The van der Waals surface area contributed by atoms with Gasteiger partial charge >= 0.3 is 5.97 Å². The molecule has 0 saturated carbocycles. The number of fused-ring (bicyclic) bond motifs is 2.